The summed E-state index contributed by atoms with van der Waals surface area (Å²) in [4.78, 5) is 0. The van der Waals surface area contributed by atoms with Gasteiger partial charge in [-0.25, -0.2) is 4.39 Å². The maximum atomic E-state index is 13.5. The summed E-state index contributed by atoms with van der Waals surface area (Å²) in [6.07, 6.45) is 1.13. The third-order valence-corrected chi connectivity index (χ3v) is 2.65. The molecule has 0 saturated heterocycles. The summed E-state index contributed by atoms with van der Waals surface area (Å²) in [7, 11) is 0. The normalized spacial score (nSPS) is 8.41. The van der Waals surface area contributed by atoms with Crippen molar-refractivity contribution in [3.05, 3.63) is 38.9 Å². The smallest absolute Gasteiger partial charge is 0.156 e. The first-order valence-corrected chi connectivity index (χ1v) is 5.37. The number of nitriles is 3. The molecule has 4 nitrogen and oxygen atoms in total. The predicted octanol–water partition coefficient (Wildman–Crippen LogP) is 2.64. The molecule has 1 N–H and O–H groups in total. The molecule has 0 radical (unpaired) electrons. The molecule has 1 rings (SSSR count). The lowest BCUT2D eigenvalue weighted by Gasteiger charge is -2.05. The average molecular weight is 338 g/mol. The topological polar surface area (TPSA) is 83.4 Å². The number of anilines is 1. The summed E-state index contributed by atoms with van der Waals surface area (Å²) < 4.78 is 13.9. The molecule has 1 aromatic rings. The molecule has 82 valence electrons. The second kappa shape index (κ2) is 5.83. The Hall–Kier alpha value is -2.11. The Kier molecular flexibility index (Phi) is 4.45. The van der Waals surface area contributed by atoms with E-state index in [1.165, 1.54) is 12.1 Å². The zero-order valence-electron chi connectivity index (χ0n) is 8.33. The van der Waals surface area contributed by atoms with E-state index in [-0.39, 0.29) is 16.8 Å². The first-order chi connectivity index (χ1) is 8.13. The van der Waals surface area contributed by atoms with Gasteiger partial charge in [0.05, 0.1) is 9.26 Å². The molecule has 0 aliphatic rings. The van der Waals surface area contributed by atoms with Crippen LogP contribution in [-0.2, 0) is 0 Å². The highest BCUT2D eigenvalue weighted by molar-refractivity contribution is 14.1. The van der Waals surface area contributed by atoms with Gasteiger partial charge in [0.25, 0.3) is 0 Å². The molecule has 0 atom stereocenters. The molecule has 0 saturated carbocycles. The monoisotopic (exact) mass is 338 g/mol. The van der Waals surface area contributed by atoms with Crippen LogP contribution in [0.5, 0.6) is 0 Å². The number of halogens is 2. The van der Waals surface area contributed by atoms with Gasteiger partial charge >= 0.3 is 0 Å². The van der Waals surface area contributed by atoms with Crippen LogP contribution in [0.3, 0.4) is 0 Å². The van der Waals surface area contributed by atoms with Crippen LogP contribution < -0.4 is 5.32 Å². The summed E-state index contributed by atoms with van der Waals surface area (Å²) in [6, 6.07) is 8.01. The zero-order chi connectivity index (χ0) is 12.8. The Labute approximate surface area is 111 Å². The largest absolute Gasteiger partial charge is 0.359 e. The van der Waals surface area contributed by atoms with Gasteiger partial charge < -0.3 is 5.32 Å². The number of nitrogens with zero attached hydrogens (tertiary/aromatic N) is 3. The van der Waals surface area contributed by atoms with E-state index in [0.717, 1.165) is 6.20 Å². The standard InChI is InChI=1S/C11H4FIN4/c12-11-8(5-16)10(2-1-9(11)13)17-6-7(3-14)4-15/h1-2,6,17H. The maximum absolute atomic E-state index is 13.5. The van der Waals surface area contributed by atoms with E-state index in [0.29, 0.717) is 3.57 Å². The van der Waals surface area contributed by atoms with E-state index in [1.807, 2.05) is 0 Å². The third-order valence-electron chi connectivity index (χ3n) is 1.82. The van der Waals surface area contributed by atoms with Crippen molar-refractivity contribution in [3.8, 4) is 18.2 Å². The van der Waals surface area contributed by atoms with Crippen molar-refractivity contribution in [2.75, 3.05) is 5.32 Å². The molecule has 1 aromatic carbocycles. The molecule has 0 aromatic heterocycles. The van der Waals surface area contributed by atoms with E-state index in [9.17, 15) is 4.39 Å². The molecular formula is C11H4FIN4. The van der Waals surface area contributed by atoms with Gasteiger partial charge in [-0.05, 0) is 34.7 Å². The Balaban J connectivity index is 3.16. The Morgan fingerprint density at radius 1 is 1.29 bits per heavy atom. The van der Waals surface area contributed by atoms with Gasteiger partial charge in [0.15, 0.2) is 5.82 Å². The second-order valence-corrected chi connectivity index (χ2v) is 3.98. The van der Waals surface area contributed by atoms with Crippen LogP contribution in [0.1, 0.15) is 5.56 Å². The summed E-state index contributed by atoms with van der Waals surface area (Å²) in [6.45, 7) is 0. The van der Waals surface area contributed by atoms with Gasteiger partial charge in [-0.1, -0.05) is 0 Å². The van der Waals surface area contributed by atoms with Crippen molar-refractivity contribution in [1.82, 2.24) is 0 Å². The van der Waals surface area contributed by atoms with Crippen molar-refractivity contribution in [1.29, 1.82) is 15.8 Å². The number of nitrogens with one attached hydrogen (secondary N) is 1. The summed E-state index contributed by atoms with van der Waals surface area (Å²) in [5.74, 6) is -0.623. The minimum Gasteiger partial charge on any atom is -0.359 e. The molecule has 6 heteroatoms. The number of hydrogen-bond donors (Lipinski definition) is 1. The Bertz CT molecular complexity index is 586. The molecule has 0 amide bonds. The number of hydrogen-bond acceptors (Lipinski definition) is 4. The van der Waals surface area contributed by atoms with Crippen molar-refractivity contribution < 1.29 is 4.39 Å². The molecule has 0 unspecified atom stereocenters. The summed E-state index contributed by atoms with van der Waals surface area (Å²) in [5, 5.41) is 28.4. The lowest BCUT2D eigenvalue weighted by molar-refractivity contribution is 0.617. The summed E-state index contributed by atoms with van der Waals surface area (Å²) in [5.41, 5.74) is -0.0929. The Morgan fingerprint density at radius 2 is 1.94 bits per heavy atom. The van der Waals surface area contributed by atoms with E-state index in [1.54, 1.807) is 40.8 Å². The summed E-state index contributed by atoms with van der Waals surface area (Å²) >= 11 is 1.77. The predicted molar refractivity (Wildman–Crippen MR) is 66.8 cm³/mol. The fourth-order valence-electron chi connectivity index (χ4n) is 1.02. The molecule has 0 aliphatic heterocycles. The molecular weight excluding hydrogens is 334 g/mol. The second-order valence-electron chi connectivity index (χ2n) is 2.82. The molecule has 0 aliphatic carbocycles. The van der Waals surface area contributed by atoms with Gasteiger partial charge in [0, 0.05) is 6.20 Å². The van der Waals surface area contributed by atoms with Crippen molar-refractivity contribution in [3.63, 3.8) is 0 Å². The lowest BCUT2D eigenvalue weighted by Crippen LogP contribution is -1.97. The van der Waals surface area contributed by atoms with Gasteiger partial charge in [-0.2, -0.15) is 15.8 Å². The molecule has 0 spiro atoms. The first-order valence-electron chi connectivity index (χ1n) is 4.29. The minimum absolute atomic E-state index is 0.150. The fourth-order valence-corrected chi connectivity index (χ4v) is 1.47. The van der Waals surface area contributed by atoms with Crippen LogP contribution in [0, 0.1) is 43.4 Å². The first kappa shape index (κ1) is 13.0. The van der Waals surface area contributed by atoms with E-state index < -0.39 is 5.82 Å². The van der Waals surface area contributed by atoms with E-state index >= 15 is 0 Å². The van der Waals surface area contributed by atoms with E-state index in [4.69, 9.17) is 15.8 Å². The number of rotatable bonds is 2. The van der Waals surface area contributed by atoms with Crippen LogP contribution in [-0.4, -0.2) is 0 Å². The van der Waals surface area contributed by atoms with Gasteiger partial charge in [-0.3, -0.25) is 0 Å². The number of allylic oxidation sites excluding steroid dienone is 1. The van der Waals surface area contributed by atoms with Crippen LogP contribution in [0.15, 0.2) is 23.9 Å². The highest BCUT2D eigenvalue weighted by atomic mass is 127. The molecule has 0 heterocycles. The van der Waals surface area contributed by atoms with Gasteiger partial charge in [0.2, 0.25) is 0 Å². The highest BCUT2D eigenvalue weighted by Gasteiger charge is 2.10. The maximum Gasteiger partial charge on any atom is 0.156 e. The molecule has 0 bridgehead atoms. The highest BCUT2D eigenvalue weighted by Crippen LogP contribution is 2.22. The van der Waals surface area contributed by atoms with Gasteiger partial charge in [0.1, 0.15) is 29.3 Å². The fraction of sp³-hybridized carbons (Fsp3) is 0. The van der Waals surface area contributed by atoms with Crippen molar-refractivity contribution in [2.24, 2.45) is 0 Å². The SMILES string of the molecule is N#CC(C#N)=CNc1ccc(I)c(F)c1C#N. The zero-order valence-corrected chi connectivity index (χ0v) is 10.5. The van der Waals surface area contributed by atoms with Crippen LogP contribution in [0.25, 0.3) is 0 Å². The molecule has 17 heavy (non-hydrogen) atoms. The third kappa shape index (κ3) is 2.93. The van der Waals surface area contributed by atoms with Crippen LogP contribution >= 0.6 is 22.6 Å². The molecule has 0 fully saturated rings. The van der Waals surface area contributed by atoms with E-state index in [2.05, 4.69) is 5.32 Å². The lowest BCUT2D eigenvalue weighted by atomic mass is 10.2. The van der Waals surface area contributed by atoms with Gasteiger partial charge in [-0.15, -0.1) is 0 Å². The Morgan fingerprint density at radius 3 is 2.47 bits per heavy atom. The number of benzene rings is 1. The van der Waals surface area contributed by atoms with Crippen LogP contribution in [0.2, 0.25) is 0 Å². The van der Waals surface area contributed by atoms with Crippen LogP contribution in [0.4, 0.5) is 10.1 Å². The van der Waals surface area contributed by atoms with Crippen molar-refractivity contribution in [2.45, 2.75) is 0 Å². The minimum atomic E-state index is -0.623. The average Bonchev–Trinajstić information content (AvgIpc) is 2.35. The van der Waals surface area contributed by atoms with Crippen molar-refractivity contribution >= 4 is 28.3 Å². The quantitative estimate of drug-likeness (QED) is 0.664.